The maximum atomic E-state index is 11.7. The second kappa shape index (κ2) is 5.00. The van der Waals surface area contributed by atoms with Crippen LogP contribution in [0.5, 0.6) is 0 Å². The minimum Gasteiger partial charge on any atom is -0.462 e. The summed E-state index contributed by atoms with van der Waals surface area (Å²) in [6.45, 7) is 2.11. The third-order valence-electron chi connectivity index (χ3n) is 5.27. The molecular weight excluding hydrogens is 238 g/mol. The van der Waals surface area contributed by atoms with Crippen LogP contribution in [0.15, 0.2) is 11.6 Å². The van der Waals surface area contributed by atoms with E-state index in [0.29, 0.717) is 24.4 Å². The molecular formula is C16H21NO2. The number of allylic oxidation sites excluding steroid dienone is 1. The molecule has 4 aliphatic carbocycles. The Kier molecular flexibility index (Phi) is 3.35. The molecule has 0 aromatic rings. The number of carbonyl (C=O) groups excluding carboxylic acids is 1. The van der Waals surface area contributed by atoms with Gasteiger partial charge >= 0.3 is 5.97 Å². The minimum atomic E-state index is -0.446. The first-order chi connectivity index (χ1) is 9.21. The topological polar surface area (TPSA) is 50.1 Å². The van der Waals surface area contributed by atoms with Crippen LogP contribution in [0.2, 0.25) is 0 Å². The van der Waals surface area contributed by atoms with Crippen LogP contribution in [-0.4, -0.2) is 12.6 Å². The Balaban J connectivity index is 1.78. The van der Waals surface area contributed by atoms with Crippen LogP contribution in [0.4, 0.5) is 0 Å². The van der Waals surface area contributed by atoms with Gasteiger partial charge in [-0.1, -0.05) is 6.08 Å². The van der Waals surface area contributed by atoms with Crippen molar-refractivity contribution in [3.8, 4) is 6.07 Å². The van der Waals surface area contributed by atoms with Crippen LogP contribution in [0.3, 0.4) is 0 Å². The Labute approximate surface area is 114 Å². The molecule has 0 aromatic carbocycles. The second-order valence-electron chi connectivity index (χ2n) is 6.42. The van der Waals surface area contributed by atoms with Gasteiger partial charge < -0.3 is 4.74 Å². The average molecular weight is 259 g/mol. The van der Waals surface area contributed by atoms with Crippen molar-refractivity contribution in [2.75, 3.05) is 6.61 Å². The Morgan fingerprint density at radius 1 is 1.21 bits per heavy atom. The largest absolute Gasteiger partial charge is 0.462 e. The Morgan fingerprint density at radius 2 is 1.79 bits per heavy atom. The van der Waals surface area contributed by atoms with E-state index in [0.717, 1.165) is 11.8 Å². The summed E-state index contributed by atoms with van der Waals surface area (Å²) < 4.78 is 4.96. The summed E-state index contributed by atoms with van der Waals surface area (Å²) in [6, 6.07) is 2.03. The summed E-state index contributed by atoms with van der Waals surface area (Å²) in [5.74, 6) is 3.23. The standard InChI is InChI=1S/C16H21NO2/c1-2-19-16(18)14(9-17)8-15-12-4-10-3-11(6-12)7-13(15)5-10/h8,10-13,15H,2-7H2,1H3/b14-8-. The van der Waals surface area contributed by atoms with E-state index in [1.54, 1.807) is 6.92 Å². The van der Waals surface area contributed by atoms with Gasteiger partial charge in [0.05, 0.1) is 6.61 Å². The van der Waals surface area contributed by atoms with Crippen LogP contribution >= 0.6 is 0 Å². The predicted octanol–water partition coefficient (Wildman–Crippen LogP) is 3.07. The van der Waals surface area contributed by atoms with E-state index in [1.807, 2.05) is 12.1 Å². The lowest BCUT2D eigenvalue weighted by Crippen LogP contribution is -2.44. The zero-order valence-corrected chi connectivity index (χ0v) is 11.5. The van der Waals surface area contributed by atoms with Gasteiger partial charge in [-0.05, 0) is 68.6 Å². The van der Waals surface area contributed by atoms with Crippen LogP contribution < -0.4 is 0 Å². The zero-order chi connectivity index (χ0) is 13.4. The number of rotatable bonds is 3. The Bertz CT molecular complexity index is 418. The van der Waals surface area contributed by atoms with Gasteiger partial charge in [0.25, 0.3) is 0 Å². The molecule has 0 atom stereocenters. The van der Waals surface area contributed by atoms with E-state index in [4.69, 9.17) is 10.00 Å². The molecule has 0 spiro atoms. The molecule has 0 saturated heterocycles. The molecule has 0 N–H and O–H groups in total. The highest BCUT2D eigenvalue weighted by molar-refractivity contribution is 5.92. The fraction of sp³-hybridized carbons (Fsp3) is 0.750. The van der Waals surface area contributed by atoms with Gasteiger partial charge in [0.2, 0.25) is 0 Å². The first-order valence-corrected chi connectivity index (χ1v) is 7.50. The van der Waals surface area contributed by atoms with Crippen molar-refractivity contribution in [1.29, 1.82) is 5.26 Å². The summed E-state index contributed by atoms with van der Waals surface area (Å²) in [5.41, 5.74) is 0.222. The molecule has 102 valence electrons. The van der Waals surface area contributed by atoms with Crippen molar-refractivity contribution in [3.63, 3.8) is 0 Å². The number of ether oxygens (including phenoxy) is 1. The molecule has 0 aliphatic heterocycles. The van der Waals surface area contributed by atoms with Crippen molar-refractivity contribution in [2.45, 2.75) is 39.0 Å². The van der Waals surface area contributed by atoms with E-state index in [9.17, 15) is 4.79 Å². The molecule has 0 aromatic heterocycles. The lowest BCUT2D eigenvalue weighted by atomic mass is 9.52. The first kappa shape index (κ1) is 12.7. The number of hydrogen-bond acceptors (Lipinski definition) is 3. The van der Waals surface area contributed by atoms with Gasteiger partial charge in [-0.3, -0.25) is 0 Å². The van der Waals surface area contributed by atoms with Crippen LogP contribution in [0.1, 0.15) is 39.0 Å². The van der Waals surface area contributed by atoms with E-state index in [-0.39, 0.29) is 5.57 Å². The van der Waals surface area contributed by atoms with Gasteiger partial charge in [0.15, 0.2) is 0 Å². The highest BCUT2D eigenvalue weighted by Crippen LogP contribution is 2.57. The van der Waals surface area contributed by atoms with Gasteiger partial charge in [-0.15, -0.1) is 0 Å². The minimum absolute atomic E-state index is 0.222. The molecule has 3 heteroatoms. The van der Waals surface area contributed by atoms with Crippen LogP contribution in [0.25, 0.3) is 0 Å². The highest BCUT2D eigenvalue weighted by atomic mass is 16.5. The molecule has 4 bridgehead atoms. The normalized spacial score (nSPS) is 40.0. The quantitative estimate of drug-likeness (QED) is 0.444. The molecule has 0 unspecified atom stereocenters. The third-order valence-corrected chi connectivity index (χ3v) is 5.27. The predicted molar refractivity (Wildman–Crippen MR) is 70.9 cm³/mol. The van der Waals surface area contributed by atoms with Gasteiger partial charge in [0.1, 0.15) is 11.6 Å². The van der Waals surface area contributed by atoms with Crippen molar-refractivity contribution >= 4 is 5.97 Å². The van der Waals surface area contributed by atoms with Crippen molar-refractivity contribution in [2.24, 2.45) is 29.6 Å². The fourth-order valence-electron chi connectivity index (χ4n) is 4.79. The van der Waals surface area contributed by atoms with Gasteiger partial charge in [0, 0.05) is 0 Å². The third kappa shape index (κ3) is 2.29. The summed E-state index contributed by atoms with van der Waals surface area (Å²) in [6.07, 6.45) is 8.56. The Hall–Kier alpha value is -1.30. The zero-order valence-electron chi connectivity index (χ0n) is 11.5. The lowest BCUT2D eigenvalue weighted by molar-refractivity contribution is -0.138. The number of nitriles is 1. The monoisotopic (exact) mass is 259 g/mol. The Morgan fingerprint density at radius 3 is 2.26 bits per heavy atom. The molecule has 3 nitrogen and oxygen atoms in total. The lowest BCUT2D eigenvalue weighted by Gasteiger charge is -2.53. The van der Waals surface area contributed by atoms with Crippen molar-refractivity contribution in [3.05, 3.63) is 11.6 Å². The van der Waals surface area contributed by atoms with Gasteiger partial charge in [-0.25, -0.2) is 4.79 Å². The number of hydrogen-bond donors (Lipinski definition) is 0. The second-order valence-corrected chi connectivity index (χ2v) is 6.42. The molecule has 4 aliphatic rings. The summed E-state index contributed by atoms with van der Waals surface area (Å²) in [4.78, 5) is 11.7. The number of nitrogens with zero attached hydrogens (tertiary/aromatic N) is 1. The van der Waals surface area contributed by atoms with Crippen molar-refractivity contribution < 1.29 is 9.53 Å². The van der Waals surface area contributed by atoms with Crippen LogP contribution in [0, 0.1) is 40.9 Å². The molecule has 19 heavy (non-hydrogen) atoms. The number of carbonyl (C=O) groups is 1. The number of esters is 1. The fourth-order valence-corrected chi connectivity index (χ4v) is 4.79. The summed E-state index contributed by atoms with van der Waals surface area (Å²) in [7, 11) is 0. The molecule has 4 saturated carbocycles. The van der Waals surface area contributed by atoms with Crippen LogP contribution in [-0.2, 0) is 9.53 Å². The first-order valence-electron chi connectivity index (χ1n) is 7.50. The van der Waals surface area contributed by atoms with E-state index in [1.165, 1.54) is 32.1 Å². The molecule has 0 heterocycles. The van der Waals surface area contributed by atoms with E-state index in [2.05, 4.69) is 0 Å². The smallest absolute Gasteiger partial charge is 0.348 e. The summed E-state index contributed by atoms with van der Waals surface area (Å²) in [5, 5.41) is 9.16. The molecule has 0 radical (unpaired) electrons. The molecule has 4 rings (SSSR count). The maximum Gasteiger partial charge on any atom is 0.348 e. The van der Waals surface area contributed by atoms with Gasteiger partial charge in [-0.2, -0.15) is 5.26 Å². The maximum absolute atomic E-state index is 11.7. The highest BCUT2D eigenvalue weighted by Gasteiger charge is 2.47. The average Bonchev–Trinajstić information content (AvgIpc) is 2.37. The molecule has 0 amide bonds. The summed E-state index contributed by atoms with van der Waals surface area (Å²) >= 11 is 0. The van der Waals surface area contributed by atoms with E-state index >= 15 is 0 Å². The van der Waals surface area contributed by atoms with Crippen molar-refractivity contribution in [1.82, 2.24) is 0 Å². The van der Waals surface area contributed by atoms with E-state index < -0.39 is 5.97 Å². The SMILES string of the molecule is CCOC(=O)/C(C#N)=C\C1C2CC3CC(C2)CC1C3. The molecule has 4 fully saturated rings.